The van der Waals surface area contributed by atoms with Crippen LogP contribution in [0.2, 0.25) is 0 Å². The summed E-state index contributed by atoms with van der Waals surface area (Å²) in [7, 11) is 0. The number of fused-ring (bicyclic) bond motifs is 2. The van der Waals surface area contributed by atoms with E-state index in [2.05, 4.69) is 34.0 Å². The molecule has 1 aromatic heterocycles. The number of piperazine rings is 1. The Hall–Kier alpha value is -1.53. The maximum Gasteiger partial charge on any atom is 0.225 e. The second kappa shape index (κ2) is 10.4. The first kappa shape index (κ1) is 23.2. The van der Waals surface area contributed by atoms with Crippen LogP contribution in [0.1, 0.15) is 89.5 Å². The minimum Gasteiger partial charge on any atom is -0.332 e. The number of rotatable bonds is 7. The second-order valence-corrected chi connectivity index (χ2v) is 11.3. The van der Waals surface area contributed by atoms with Crippen LogP contribution < -0.4 is 4.90 Å². The summed E-state index contributed by atoms with van der Waals surface area (Å²) in [5.41, 5.74) is 1.33. The Labute approximate surface area is 200 Å². The minimum atomic E-state index is 0.360. The summed E-state index contributed by atoms with van der Waals surface area (Å²) in [4.78, 5) is 29.1. The number of hydrogen-bond donors (Lipinski definition) is 0. The lowest BCUT2D eigenvalue weighted by Gasteiger charge is -2.41. The Morgan fingerprint density at radius 3 is 2.09 bits per heavy atom. The Morgan fingerprint density at radius 1 is 0.909 bits per heavy atom. The molecule has 0 spiro atoms. The van der Waals surface area contributed by atoms with E-state index >= 15 is 0 Å². The number of likely N-dealkylation sites (tertiary alicyclic amines) is 2. The van der Waals surface area contributed by atoms with E-state index in [-0.39, 0.29) is 0 Å². The standard InChI is InChI=1S/C27H43N5O/c1-3-12-30-18-25-8-9-26(19-30)32(25)27-28-16-23(17-29-27)22-10-13-31(14-11-22)24-6-4-21(5-7-24)15-20(2)33/h16-17,21-22,24-26H,3-15,18-19H2,1-2H3/t21-,24+,25?,26?. The molecule has 1 saturated carbocycles. The lowest BCUT2D eigenvalue weighted by Crippen LogP contribution is -2.54. The molecular formula is C27H43N5O. The van der Waals surface area contributed by atoms with Gasteiger partial charge < -0.3 is 14.6 Å². The van der Waals surface area contributed by atoms with Gasteiger partial charge in [0.05, 0.1) is 0 Å². The fraction of sp³-hybridized carbons (Fsp3) is 0.815. The van der Waals surface area contributed by atoms with E-state index in [1.54, 1.807) is 6.92 Å². The minimum absolute atomic E-state index is 0.360. The van der Waals surface area contributed by atoms with Gasteiger partial charge in [-0.1, -0.05) is 6.92 Å². The van der Waals surface area contributed by atoms with Crippen LogP contribution in [0.25, 0.3) is 0 Å². The van der Waals surface area contributed by atoms with Crippen LogP contribution in [-0.4, -0.2) is 76.4 Å². The predicted octanol–water partition coefficient (Wildman–Crippen LogP) is 4.26. The average Bonchev–Trinajstić information content (AvgIpc) is 3.10. The molecule has 4 fully saturated rings. The summed E-state index contributed by atoms with van der Waals surface area (Å²) in [5.74, 6) is 2.56. The highest BCUT2D eigenvalue weighted by molar-refractivity contribution is 5.75. The molecule has 0 amide bonds. The zero-order valence-corrected chi connectivity index (χ0v) is 20.8. The smallest absolute Gasteiger partial charge is 0.225 e. The quantitative estimate of drug-likeness (QED) is 0.615. The first-order chi connectivity index (χ1) is 16.1. The van der Waals surface area contributed by atoms with Gasteiger partial charge in [-0.05, 0) is 102 Å². The molecule has 3 aliphatic heterocycles. The molecule has 33 heavy (non-hydrogen) atoms. The third-order valence-corrected chi connectivity index (χ3v) is 8.90. The molecule has 2 atom stereocenters. The Balaban J connectivity index is 1.12. The molecule has 1 aliphatic carbocycles. The SMILES string of the molecule is CCCN1CC2CCC(C1)N2c1ncc(C2CCN([C@H]3CC[C@@H](CC(C)=O)CC3)CC2)cn1. The molecule has 0 radical (unpaired) electrons. The van der Waals surface area contributed by atoms with E-state index < -0.39 is 0 Å². The van der Waals surface area contributed by atoms with Crippen LogP contribution in [0.4, 0.5) is 5.95 Å². The summed E-state index contributed by atoms with van der Waals surface area (Å²) in [6.07, 6.45) is 16.3. The van der Waals surface area contributed by atoms with E-state index in [0.29, 0.717) is 29.7 Å². The molecule has 4 heterocycles. The van der Waals surface area contributed by atoms with E-state index in [1.807, 2.05) is 0 Å². The zero-order valence-electron chi connectivity index (χ0n) is 20.8. The number of aromatic nitrogens is 2. The van der Waals surface area contributed by atoms with E-state index in [4.69, 9.17) is 9.97 Å². The maximum absolute atomic E-state index is 11.4. The van der Waals surface area contributed by atoms with E-state index in [0.717, 1.165) is 18.4 Å². The lowest BCUT2D eigenvalue weighted by molar-refractivity contribution is -0.118. The Morgan fingerprint density at radius 2 is 1.52 bits per heavy atom. The van der Waals surface area contributed by atoms with Crippen LogP contribution in [0.3, 0.4) is 0 Å². The normalized spacial score (nSPS) is 31.8. The predicted molar refractivity (Wildman–Crippen MR) is 133 cm³/mol. The van der Waals surface area contributed by atoms with Crippen LogP contribution in [0.15, 0.2) is 12.4 Å². The van der Waals surface area contributed by atoms with Crippen molar-refractivity contribution < 1.29 is 4.79 Å². The Bertz CT molecular complexity index is 768. The summed E-state index contributed by atoms with van der Waals surface area (Å²) < 4.78 is 0. The zero-order chi connectivity index (χ0) is 22.8. The van der Waals surface area contributed by atoms with E-state index in [9.17, 15) is 4.79 Å². The molecule has 6 heteroatoms. The van der Waals surface area contributed by atoms with Crippen LogP contribution in [0.5, 0.6) is 0 Å². The van der Waals surface area contributed by atoms with Gasteiger partial charge in [0.2, 0.25) is 5.95 Å². The topological polar surface area (TPSA) is 52.6 Å². The van der Waals surface area contributed by atoms with Crippen molar-refractivity contribution in [1.82, 2.24) is 19.8 Å². The summed E-state index contributed by atoms with van der Waals surface area (Å²) in [5, 5.41) is 0. The summed E-state index contributed by atoms with van der Waals surface area (Å²) in [6, 6.07) is 1.92. The van der Waals surface area contributed by atoms with Crippen molar-refractivity contribution in [2.24, 2.45) is 5.92 Å². The molecule has 3 saturated heterocycles. The van der Waals surface area contributed by atoms with Gasteiger partial charge in [0.25, 0.3) is 0 Å². The molecule has 5 rings (SSSR count). The van der Waals surface area contributed by atoms with Crippen molar-refractivity contribution in [3.8, 4) is 0 Å². The van der Waals surface area contributed by atoms with Crippen molar-refractivity contribution in [2.75, 3.05) is 37.6 Å². The van der Waals surface area contributed by atoms with Crippen LogP contribution >= 0.6 is 0 Å². The van der Waals surface area contributed by atoms with Gasteiger partial charge in [0, 0.05) is 50.0 Å². The first-order valence-corrected chi connectivity index (χ1v) is 13.7. The van der Waals surface area contributed by atoms with Gasteiger partial charge in [0.1, 0.15) is 5.78 Å². The number of carbonyl (C=O) groups is 1. The largest absolute Gasteiger partial charge is 0.332 e. The maximum atomic E-state index is 11.4. The number of anilines is 1. The van der Waals surface area contributed by atoms with Crippen LogP contribution in [-0.2, 0) is 4.79 Å². The number of nitrogens with zero attached hydrogens (tertiary/aromatic N) is 5. The van der Waals surface area contributed by atoms with Gasteiger partial charge >= 0.3 is 0 Å². The molecule has 4 aliphatic rings. The molecule has 0 aromatic carbocycles. The van der Waals surface area contributed by atoms with Gasteiger partial charge in [-0.25, -0.2) is 9.97 Å². The fourth-order valence-corrected chi connectivity index (χ4v) is 7.21. The third kappa shape index (κ3) is 5.27. The van der Waals surface area contributed by atoms with Crippen LogP contribution in [0, 0.1) is 5.92 Å². The van der Waals surface area contributed by atoms with E-state index in [1.165, 1.54) is 96.1 Å². The molecule has 2 bridgehead atoms. The molecular weight excluding hydrogens is 410 g/mol. The lowest BCUT2D eigenvalue weighted by atomic mass is 9.81. The number of Topliss-reactive ketones (excluding diaryl/α,β-unsaturated/α-hetero) is 1. The molecule has 1 aromatic rings. The Kier molecular flexibility index (Phi) is 7.31. The molecule has 2 unspecified atom stereocenters. The second-order valence-electron chi connectivity index (χ2n) is 11.3. The monoisotopic (exact) mass is 453 g/mol. The van der Waals surface area contributed by atoms with Gasteiger partial charge in [0.15, 0.2) is 0 Å². The highest BCUT2D eigenvalue weighted by atomic mass is 16.1. The van der Waals surface area contributed by atoms with Crippen molar-refractivity contribution in [2.45, 2.75) is 102 Å². The van der Waals surface area contributed by atoms with Gasteiger partial charge in [-0.3, -0.25) is 4.90 Å². The van der Waals surface area contributed by atoms with Gasteiger partial charge in [-0.2, -0.15) is 0 Å². The number of ketones is 1. The highest BCUT2D eigenvalue weighted by Crippen LogP contribution is 2.36. The number of carbonyl (C=O) groups excluding carboxylic acids is 1. The average molecular weight is 454 g/mol. The first-order valence-electron chi connectivity index (χ1n) is 13.7. The molecule has 6 nitrogen and oxygen atoms in total. The molecule has 0 N–H and O–H groups in total. The fourth-order valence-electron chi connectivity index (χ4n) is 7.21. The van der Waals surface area contributed by atoms with Crippen molar-refractivity contribution in [3.05, 3.63) is 18.0 Å². The third-order valence-electron chi connectivity index (χ3n) is 8.90. The van der Waals surface area contributed by atoms with Crippen molar-refractivity contribution >= 4 is 11.7 Å². The van der Waals surface area contributed by atoms with Crippen molar-refractivity contribution in [1.29, 1.82) is 0 Å². The summed E-state index contributed by atoms with van der Waals surface area (Å²) >= 11 is 0. The number of hydrogen-bond acceptors (Lipinski definition) is 6. The van der Waals surface area contributed by atoms with Crippen molar-refractivity contribution in [3.63, 3.8) is 0 Å². The molecule has 182 valence electrons. The summed E-state index contributed by atoms with van der Waals surface area (Å²) in [6.45, 7) is 9.97. The number of piperidine rings is 1. The van der Waals surface area contributed by atoms with Gasteiger partial charge in [-0.15, -0.1) is 0 Å². The highest BCUT2D eigenvalue weighted by Gasteiger charge is 2.41.